The van der Waals surface area contributed by atoms with Crippen LogP contribution in [0.1, 0.15) is 0 Å². The highest BCUT2D eigenvalue weighted by atomic mass is 35.5. The fourth-order valence-corrected chi connectivity index (χ4v) is 0.508. The predicted molar refractivity (Wildman–Crippen MR) is 41.0 cm³/mol. The third-order valence-corrected chi connectivity index (χ3v) is 1.12. The molecule has 5 heteroatoms. The molecule has 3 N–H and O–H groups in total. The zero-order valence-corrected chi connectivity index (χ0v) is 6.89. The van der Waals surface area contributed by atoms with Gasteiger partial charge in [0, 0.05) is 0 Å². The van der Waals surface area contributed by atoms with Gasteiger partial charge in [-0.3, -0.25) is 9.69 Å². The Bertz CT molecular complexity index is 108. The molecule has 0 aliphatic carbocycles. The molecule has 62 valence electrons. The van der Waals surface area contributed by atoms with E-state index >= 15 is 0 Å². The largest absolute Gasteiger partial charge is 0.394 e. The van der Waals surface area contributed by atoms with Crippen LogP contribution in [0.15, 0.2) is 0 Å². The van der Waals surface area contributed by atoms with Crippen molar-refractivity contribution in [2.45, 2.75) is 6.04 Å². The van der Waals surface area contributed by atoms with Gasteiger partial charge in [0.05, 0.1) is 6.61 Å². The van der Waals surface area contributed by atoms with Gasteiger partial charge in [0.15, 0.2) is 0 Å². The summed E-state index contributed by atoms with van der Waals surface area (Å²) in [5, 5.41) is 8.52. The summed E-state index contributed by atoms with van der Waals surface area (Å²) < 4.78 is 0. The maximum atomic E-state index is 10.4. The van der Waals surface area contributed by atoms with Gasteiger partial charge in [-0.05, 0) is 14.1 Å². The number of hydrogen-bond acceptors (Lipinski definition) is 3. The van der Waals surface area contributed by atoms with Crippen molar-refractivity contribution in [1.82, 2.24) is 4.90 Å². The van der Waals surface area contributed by atoms with E-state index in [1.165, 1.54) is 0 Å². The minimum atomic E-state index is -0.551. The lowest BCUT2D eigenvalue weighted by Crippen LogP contribution is -2.42. The van der Waals surface area contributed by atoms with Crippen LogP contribution in [0.3, 0.4) is 0 Å². The number of primary amides is 1. The van der Waals surface area contributed by atoms with Crippen molar-refractivity contribution in [3.63, 3.8) is 0 Å². The number of aliphatic hydroxyl groups is 1. The molecule has 1 amide bonds. The number of carbonyl (C=O) groups excluding carboxylic acids is 1. The molecule has 0 aromatic heterocycles. The average molecular weight is 169 g/mol. The van der Waals surface area contributed by atoms with Crippen molar-refractivity contribution in [2.75, 3.05) is 20.7 Å². The summed E-state index contributed by atoms with van der Waals surface area (Å²) in [6, 6.07) is -0.551. The number of carbonyl (C=O) groups is 1. The Kier molecular flexibility index (Phi) is 6.76. The number of aliphatic hydroxyl groups excluding tert-OH is 1. The number of hydrogen-bond donors (Lipinski definition) is 2. The molecule has 0 heterocycles. The second-order valence-corrected chi connectivity index (χ2v) is 2.06. The Morgan fingerprint density at radius 2 is 2.10 bits per heavy atom. The lowest BCUT2D eigenvalue weighted by molar-refractivity contribution is -0.123. The van der Waals surface area contributed by atoms with Crippen molar-refractivity contribution in [2.24, 2.45) is 5.73 Å². The molecule has 0 radical (unpaired) electrons. The van der Waals surface area contributed by atoms with Crippen LogP contribution in [0.5, 0.6) is 0 Å². The highest BCUT2D eigenvalue weighted by Gasteiger charge is 2.14. The summed E-state index contributed by atoms with van der Waals surface area (Å²) in [5.41, 5.74) is 4.91. The van der Waals surface area contributed by atoms with Gasteiger partial charge >= 0.3 is 0 Å². The van der Waals surface area contributed by atoms with Gasteiger partial charge in [-0.15, -0.1) is 12.4 Å². The van der Waals surface area contributed by atoms with Gasteiger partial charge < -0.3 is 10.8 Å². The molecule has 0 fully saturated rings. The maximum Gasteiger partial charge on any atom is 0.237 e. The fourth-order valence-electron chi connectivity index (χ4n) is 0.508. The standard InChI is InChI=1S/C5H12N2O2.ClH/c1-7(2)4(3-8)5(6)9;/h4,8H,3H2,1-2H3,(H2,6,9);1H/t4-;/m0./s1. The number of likely N-dealkylation sites (N-methyl/N-ethyl adjacent to an activating group) is 1. The predicted octanol–water partition coefficient (Wildman–Crippen LogP) is -1.18. The number of rotatable bonds is 3. The Balaban J connectivity index is 0. The molecule has 0 aliphatic rings. The first-order valence-corrected chi connectivity index (χ1v) is 2.66. The van der Waals surface area contributed by atoms with E-state index in [1.807, 2.05) is 0 Å². The molecule has 0 unspecified atom stereocenters. The molecule has 0 saturated carbocycles. The van der Waals surface area contributed by atoms with Crippen LogP contribution in [0.4, 0.5) is 0 Å². The average Bonchev–Trinajstić information content (AvgIpc) is 1.64. The van der Waals surface area contributed by atoms with Crippen molar-refractivity contribution < 1.29 is 9.90 Å². The first-order chi connectivity index (χ1) is 4.09. The number of nitrogens with zero attached hydrogens (tertiary/aromatic N) is 1. The van der Waals surface area contributed by atoms with Crippen LogP contribution >= 0.6 is 12.4 Å². The third-order valence-electron chi connectivity index (χ3n) is 1.12. The molecule has 0 aromatic rings. The topological polar surface area (TPSA) is 66.6 Å². The molecule has 1 atom stereocenters. The summed E-state index contributed by atoms with van der Waals surface area (Å²) in [7, 11) is 3.37. The monoisotopic (exact) mass is 168 g/mol. The molecule has 0 spiro atoms. The summed E-state index contributed by atoms with van der Waals surface area (Å²) in [5.74, 6) is -0.498. The van der Waals surface area contributed by atoms with E-state index in [2.05, 4.69) is 0 Å². The first-order valence-electron chi connectivity index (χ1n) is 2.66. The number of nitrogens with two attached hydrogens (primary N) is 1. The Labute approximate surface area is 66.4 Å². The van der Waals surface area contributed by atoms with Crippen LogP contribution in [0.25, 0.3) is 0 Å². The van der Waals surface area contributed by atoms with Gasteiger partial charge in [-0.2, -0.15) is 0 Å². The Morgan fingerprint density at radius 3 is 2.10 bits per heavy atom. The zero-order valence-electron chi connectivity index (χ0n) is 6.07. The van der Waals surface area contributed by atoms with Crippen LogP contribution in [-0.2, 0) is 4.79 Å². The van der Waals surface area contributed by atoms with E-state index in [-0.39, 0.29) is 19.0 Å². The summed E-state index contributed by atoms with van der Waals surface area (Å²) in [6.07, 6.45) is 0. The first kappa shape index (κ1) is 12.4. The third kappa shape index (κ3) is 3.66. The highest BCUT2D eigenvalue weighted by Crippen LogP contribution is 1.88. The number of amides is 1. The lowest BCUT2D eigenvalue weighted by Gasteiger charge is -2.17. The molecule has 0 aliphatic heterocycles. The maximum absolute atomic E-state index is 10.4. The minimum Gasteiger partial charge on any atom is -0.394 e. The minimum absolute atomic E-state index is 0. The van der Waals surface area contributed by atoms with Gasteiger partial charge in [-0.25, -0.2) is 0 Å². The smallest absolute Gasteiger partial charge is 0.237 e. The van der Waals surface area contributed by atoms with E-state index in [0.717, 1.165) is 0 Å². The van der Waals surface area contributed by atoms with Gasteiger partial charge in [0.25, 0.3) is 0 Å². The van der Waals surface area contributed by atoms with E-state index in [1.54, 1.807) is 19.0 Å². The highest BCUT2D eigenvalue weighted by molar-refractivity contribution is 5.85. The molecule has 0 rings (SSSR count). The van der Waals surface area contributed by atoms with E-state index in [4.69, 9.17) is 10.8 Å². The van der Waals surface area contributed by atoms with Gasteiger partial charge in [0.2, 0.25) is 5.91 Å². The molecule has 0 aromatic carbocycles. The van der Waals surface area contributed by atoms with Gasteiger partial charge in [0.1, 0.15) is 6.04 Å². The van der Waals surface area contributed by atoms with E-state index in [9.17, 15) is 4.79 Å². The summed E-state index contributed by atoms with van der Waals surface area (Å²) in [4.78, 5) is 12.0. The van der Waals surface area contributed by atoms with Crippen molar-refractivity contribution in [3.8, 4) is 0 Å². The van der Waals surface area contributed by atoms with Crippen molar-refractivity contribution >= 4 is 18.3 Å². The van der Waals surface area contributed by atoms with Crippen molar-refractivity contribution in [1.29, 1.82) is 0 Å². The second kappa shape index (κ2) is 5.46. The lowest BCUT2D eigenvalue weighted by atomic mass is 10.3. The SMILES string of the molecule is CN(C)[C@@H](CO)C(N)=O.Cl. The molecule has 4 nitrogen and oxygen atoms in total. The van der Waals surface area contributed by atoms with E-state index in [0.29, 0.717) is 0 Å². The normalized spacial score (nSPS) is 12.4. The van der Waals surface area contributed by atoms with Crippen LogP contribution < -0.4 is 5.73 Å². The molecular formula is C5H13ClN2O2. The fraction of sp³-hybridized carbons (Fsp3) is 0.800. The zero-order chi connectivity index (χ0) is 7.44. The number of halogens is 1. The molecule has 10 heavy (non-hydrogen) atoms. The van der Waals surface area contributed by atoms with Gasteiger partial charge in [-0.1, -0.05) is 0 Å². The van der Waals surface area contributed by atoms with Crippen LogP contribution in [0.2, 0.25) is 0 Å². The van der Waals surface area contributed by atoms with E-state index < -0.39 is 11.9 Å². The molecular weight excluding hydrogens is 156 g/mol. The quantitative estimate of drug-likeness (QED) is 0.558. The van der Waals surface area contributed by atoms with Crippen LogP contribution in [0, 0.1) is 0 Å². The van der Waals surface area contributed by atoms with Crippen molar-refractivity contribution in [3.05, 3.63) is 0 Å². The Hall–Kier alpha value is -0.320. The summed E-state index contributed by atoms with van der Waals surface area (Å²) >= 11 is 0. The second-order valence-electron chi connectivity index (χ2n) is 2.06. The molecule has 0 bridgehead atoms. The summed E-state index contributed by atoms with van der Waals surface area (Å²) in [6.45, 7) is -0.220. The molecule has 0 saturated heterocycles. The Morgan fingerprint density at radius 1 is 1.70 bits per heavy atom. The van der Waals surface area contributed by atoms with Crippen LogP contribution in [-0.4, -0.2) is 42.7 Å².